The quantitative estimate of drug-likeness (QED) is 0.521. The molecule has 0 spiro atoms. The van der Waals surface area contributed by atoms with Gasteiger partial charge in [-0.2, -0.15) is 0 Å². The number of piperazine rings is 1. The van der Waals surface area contributed by atoms with Crippen LogP contribution in [0.1, 0.15) is 17.3 Å². The molecular formula is C22H25ClN4OS2. The van der Waals surface area contributed by atoms with Gasteiger partial charge in [0, 0.05) is 54.8 Å². The maximum Gasteiger partial charge on any atom is 0.251 e. The van der Waals surface area contributed by atoms with E-state index < -0.39 is 0 Å². The van der Waals surface area contributed by atoms with Crippen molar-refractivity contribution in [2.75, 3.05) is 49.9 Å². The summed E-state index contributed by atoms with van der Waals surface area (Å²) in [5, 5.41) is 4.87. The normalized spacial score (nSPS) is 14.9. The van der Waals surface area contributed by atoms with Gasteiger partial charge >= 0.3 is 0 Å². The number of thiazole rings is 1. The van der Waals surface area contributed by atoms with Crippen molar-refractivity contribution in [3.8, 4) is 0 Å². The third-order valence-electron chi connectivity index (χ3n) is 5.10. The second kappa shape index (κ2) is 10.0. The number of anilines is 1. The van der Waals surface area contributed by atoms with Crippen LogP contribution in [0.15, 0.2) is 47.4 Å². The molecule has 1 saturated heterocycles. The number of nitrogens with zero attached hydrogens (tertiary/aromatic N) is 3. The minimum atomic E-state index is 0.000301. The fourth-order valence-electron chi connectivity index (χ4n) is 3.51. The van der Waals surface area contributed by atoms with E-state index >= 15 is 0 Å². The highest BCUT2D eigenvalue weighted by Crippen LogP contribution is 2.31. The van der Waals surface area contributed by atoms with Gasteiger partial charge in [0.25, 0.3) is 5.91 Å². The summed E-state index contributed by atoms with van der Waals surface area (Å²) in [4.78, 5) is 23.0. The number of halogens is 1. The summed E-state index contributed by atoms with van der Waals surface area (Å²) in [6, 6.07) is 13.7. The van der Waals surface area contributed by atoms with Crippen LogP contribution in [0.4, 0.5) is 5.13 Å². The molecule has 2 heterocycles. The summed E-state index contributed by atoms with van der Waals surface area (Å²) in [6.45, 7) is 7.45. The van der Waals surface area contributed by atoms with E-state index in [0.29, 0.717) is 6.54 Å². The first-order chi connectivity index (χ1) is 14.6. The predicted octanol–water partition coefficient (Wildman–Crippen LogP) is 4.61. The lowest BCUT2D eigenvalue weighted by Gasteiger charge is -2.34. The van der Waals surface area contributed by atoms with Gasteiger partial charge in [-0.15, -0.1) is 11.8 Å². The van der Waals surface area contributed by atoms with Gasteiger partial charge in [0.2, 0.25) is 0 Å². The van der Waals surface area contributed by atoms with Gasteiger partial charge in [-0.1, -0.05) is 35.9 Å². The van der Waals surface area contributed by atoms with Crippen LogP contribution < -0.4 is 10.2 Å². The first kappa shape index (κ1) is 21.4. The van der Waals surface area contributed by atoms with Gasteiger partial charge in [-0.3, -0.25) is 9.69 Å². The third-order valence-corrected chi connectivity index (χ3v) is 7.29. The maximum absolute atomic E-state index is 12.4. The molecule has 1 aromatic heterocycles. The molecule has 2 aromatic carbocycles. The summed E-state index contributed by atoms with van der Waals surface area (Å²) in [5.41, 5.74) is 1.74. The topological polar surface area (TPSA) is 48.5 Å². The minimum Gasteiger partial charge on any atom is -0.351 e. The van der Waals surface area contributed by atoms with E-state index in [-0.39, 0.29) is 5.91 Å². The molecule has 1 N–H and O–H groups in total. The van der Waals surface area contributed by atoms with E-state index in [9.17, 15) is 4.79 Å². The van der Waals surface area contributed by atoms with E-state index in [1.165, 1.54) is 0 Å². The number of benzene rings is 2. The van der Waals surface area contributed by atoms with Gasteiger partial charge in [0.1, 0.15) is 0 Å². The zero-order valence-corrected chi connectivity index (χ0v) is 19.3. The van der Waals surface area contributed by atoms with Crippen LogP contribution in [0.2, 0.25) is 5.02 Å². The lowest BCUT2D eigenvalue weighted by molar-refractivity contribution is 0.0947. The largest absolute Gasteiger partial charge is 0.351 e. The van der Waals surface area contributed by atoms with Crippen molar-refractivity contribution < 1.29 is 4.79 Å². The van der Waals surface area contributed by atoms with Crippen molar-refractivity contribution in [2.24, 2.45) is 0 Å². The number of aromatic nitrogens is 1. The first-order valence-electron chi connectivity index (χ1n) is 10.2. The van der Waals surface area contributed by atoms with Crippen LogP contribution in [-0.4, -0.2) is 60.8 Å². The Hall–Kier alpha value is -1.80. The molecule has 1 amide bonds. The summed E-state index contributed by atoms with van der Waals surface area (Å²) >= 11 is 9.54. The van der Waals surface area contributed by atoms with Crippen LogP contribution in [0, 0.1) is 0 Å². The Bertz CT molecular complexity index is 1020. The highest BCUT2D eigenvalue weighted by Gasteiger charge is 2.20. The monoisotopic (exact) mass is 460 g/mol. The molecule has 5 nitrogen and oxygen atoms in total. The fraction of sp³-hybridized carbons (Fsp3) is 0.364. The number of hydrogen-bond acceptors (Lipinski definition) is 6. The van der Waals surface area contributed by atoms with E-state index in [1.807, 2.05) is 42.5 Å². The van der Waals surface area contributed by atoms with Crippen molar-refractivity contribution >= 4 is 56.0 Å². The van der Waals surface area contributed by atoms with Crippen molar-refractivity contribution in [1.82, 2.24) is 15.2 Å². The average Bonchev–Trinajstić information content (AvgIpc) is 3.18. The molecule has 1 aliphatic rings. The van der Waals surface area contributed by atoms with Gasteiger partial charge in [0.05, 0.1) is 10.2 Å². The summed E-state index contributed by atoms with van der Waals surface area (Å²) in [6.07, 6.45) is 0. The Morgan fingerprint density at radius 2 is 2.03 bits per heavy atom. The molecule has 1 fully saturated rings. The maximum atomic E-state index is 12.4. The highest BCUT2D eigenvalue weighted by atomic mass is 35.5. The Balaban J connectivity index is 1.24. The molecule has 0 unspecified atom stereocenters. The number of carbonyl (C=O) groups is 1. The Labute approximate surface area is 190 Å². The molecular weight excluding hydrogens is 436 g/mol. The average molecular weight is 461 g/mol. The van der Waals surface area contributed by atoms with Gasteiger partial charge in [-0.25, -0.2) is 4.98 Å². The number of thioether (sulfide) groups is 1. The van der Waals surface area contributed by atoms with Crippen molar-refractivity contribution in [1.29, 1.82) is 0 Å². The van der Waals surface area contributed by atoms with Crippen molar-refractivity contribution in [2.45, 2.75) is 11.8 Å². The second-order valence-electron chi connectivity index (χ2n) is 7.15. The molecule has 30 heavy (non-hydrogen) atoms. The molecule has 0 radical (unpaired) electrons. The fourth-order valence-corrected chi connectivity index (χ4v) is 5.52. The van der Waals surface area contributed by atoms with Crippen LogP contribution in [0.25, 0.3) is 10.2 Å². The Kier molecular flexibility index (Phi) is 7.15. The molecule has 3 aromatic rings. The lowest BCUT2D eigenvalue weighted by Crippen LogP contribution is -2.48. The standard InChI is InChI=1S/C22H25ClN4OS2/c1-2-29-18-5-3-4-16(14-18)21(28)24-8-9-26-10-12-27(13-11-26)22-25-19-7-6-17(23)15-20(19)30-22/h3-7,14-15H,2,8-13H2,1H3,(H,24,28). The number of hydrogen-bond donors (Lipinski definition) is 1. The highest BCUT2D eigenvalue weighted by molar-refractivity contribution is 7.99. The summed E-state index contributed by atoms with van der Waals surface area (Å²) in [7, 11) is 0. The minimum absolute atomic E-state index is 0.000301. The summed E-state index contributed by atoms with van der Waals surface area (Å²) < 4.78 is 1.13. The Morgan fingerprint density at radius 1 is 1.20 bits per heavy atom. The molecule has 0 bridgehead atoms. The van der Waals surface area contributed by atoms with Crippen LogP contribution in [0.3, 0.4) is 0 Å². The number of amides is 1. The van der Waals surface area contributed by atoms with Crippen molar-refractivity contribution in [3.05, 3.63) is 53.1 Å². The molecule has 4 rings (SSSR count). The van der Waals surface area contributed by atoms with Gasteiger partial charge in [0.15, 0.2) is 5.13 Å². The molecule has 0 aliphatic carbocycles. The molecule has 0 atom stereocenters. The summed E-state index contributed by atoms with van der Waals surface area (Å²) in [5.74, 6) is 1.00. The second-order valence-corrected chi connectivity index (χ2v) is 9.94. The zero-order chi connectivity index (χ0) is 20.9. The SMILES string of the molecule is CCSc1cccc(C(=O)NCCN2CCN(c3nc4ccc(Cl)cc4s3)CC2)c1. The lowest BCUT2D eigenvalue weighted by atomic mass is 10.2. The van der Waals surface area contributed by atoms with Gasteiger partial charge < -0.3 is 10.2 Å². The Morgan fingerprint density at radius 3 is 2.83 bits per heavy atom. The number of nitrogens with one attached hydrogen (secondary N) is 1. The molecule has 158 valence electrons. The third kappa shape index (κ3) is 5.27. The van der Waals surface area contributed by atoms with E-state index in [4.69, 9.17) is 16.6 Å². The van der Waals surface area contributed by atoms with Crippen LogP contribution in [-0.2, 0) is 0 Å². The zero-order valence-electron chi connectivity index (χ0n) is 16.9. The first-order valence-corrected chi connectivity index (χ1v) is 12.3. The smallest absolute Gasteiger partial charge is 0.251 e. The number of fused-ring (bicyclic) bond motifs is 1. The van der Waals surface area contributed by atoms with Gasteiger partial charge in [-0.05, 0) is 42.2 Å². The van der Waals surface area contributed by atoms with E-state index in [2.05, 4.69) is 22.0 Å². The molecule has 8 heteroatoms. The molecule has 1 aliphatic heterocycles. The van der Waals surface area contributed by atoms with Crippen LogP contribution >= 0.6 is 34.7 Å². The molecule has 0 saturated carbocycles. The van der Waals surface area contributed by atoms with Crippen LogP contribution in [0.5, 0.6) is 0 Å². The number of carbonyl (C=O) groups excluding carboxylic acids is 1. The number of rotatable bonds is 7. The van der Waals surface area contributed by atoms with Crippen molar-refractivity contribution in [3.63, 3.8) is 0 Å². The predicted molar refractivity (Wildman–Crippen MR) is 128 cm³/mol. The van der Waals surface area contributed by atoms with E-state index in [1.54, 1.807) is 23.1 Å². The van der Waals surface area contributed by atoms with E-state index in [0.717, 1.165) is 69.3 Å².